The highest BCUT2D eigenvalue weighted by Gasteiger charge is 2.53. The van der Waals surface area contributed by atoms with Gasteiger partial charge in [0.15, 0.2) is 5.13 Å². The maximum absolute atomic E-state index is 12.7. The summed E-state index contributed by atoms with van der Waals surface area (Å²) in [6, 6.07) is 5.63. The second kappa shape index (κ2) is 10.9. The van der Waals surface area contributed by atoms with Crippen molar-refractivity contribution in [2.45, 2.75) is 52.1 Å². The first-order chi connectivity index (χ1) is 17.2. The van der Waals surface area contributed by atoms with Crippen molar-refractivity contribution in [1.82, 2.24) is 10.3 Å². The van der Waals surface area contributed by atoms with E-state index in [4.69, 9.17) is 19.2 Å². The van der Waals surface area contributed by atoms with E-state index in [1.165, 1.54) is 4.88 Å². The van der Waals surface area contributed by atoms with Crippen LogP contribution in [0.2, 0.25) is 0 Å². The van der Waals surface area contributed by atoms with Crippen LogP contribution in [0.25, 0.3) is 0 Å². The average molecular weight is 518 g/mol. The number of nitrogens with one attached hydrogen (secondary N) is 2. The molecule has 36 heavy (non-hydrogen) atoms. The zero-order valence-corrected chi connectivity index (χ0v) is 22.9. The number of methoxy groups -OCH3 is 3. The minimum Gasteiger partial charge on any atom is -0.497 e. The highest BCUT2D eigenvalue weighted by atomic mass is 32.1. The largest absolute Gasteiger partial charge is 0.497 e. The number of nitrogens with zero attached hydrogens (tertiary/aromatic N) is 1. The smallest absolute Gasteiger partial charge is 0.223 e. The molecule has 1 heterocycles. The normalized spacial score (nSPS) is 28.0. The number of carbonyl (C=O) groups is 1. The van der Waals surface area contributed by atoms with Gasteiger partial charge in [-0.05, 0) is 48.6 Å². The first-order valence-corrected chi connectivity index (χ1v) is 13.5. The van der Waals surface area contributed by atoms with Crippen molar-refractivity contribution in [2.24, 2.45) is 23.2 Å². The fourth-order valence-electron chi connectivity index (χ4n) is 6.26. The predicted molar refractivity (Wildman–Crippen MR) is 141 cm³/mol. The number of aromatic nitrogens is 1. The second-order valence-electron chi connectivity index (χ2n) is 10.4. The van der Waals surface area contributed by atoms with Crippen LogP contribution in [-0.2, 0) is 16.0 Å². The fourth-order valence-corrected chi connectivity index (χ4v) is 7.54. The Labute approximate surface area is 217 Å². The summed E-state index contributed by atoms with van der Waals surface area (Å²) in [5, 5.41) is 18.8. The van der Waals surface area contributed by atoms with Gasteiger partial charge in [-0.25, -0.2) is 4.98 Å². The number of benzene rings is 1. The molecule has 1 saturated carbocycles. The summed E-state index contributed by atoms with van der Waals surface area (Å²) in [6.07, 6.45) is 2.12. The quantitative estimate of drug-likeness (QED) is 0.425. The van der Waals surface area contributed by atoms with Crippen LogP contribution in [-0.4, -0.2) is 56.6 Å². The molecule has 198 valence electrons. The number of aliphatic hydroxyl groups excluding tert-OH is 1. The van der Waals surface area contributed by atoms with E-state index in [9.17, 15) is 9.90 Å². The Morgan fingerprint density at radius 3 is 2.78 bits per heavy atom. The van der Waals surface area contributed by atoms with Crippen LogP contribution < -0.4 is 20.1 Å². The summed E-state index contributed by atoms with van der Waals surface area (Å²) >= 11 is 1.67. The van der Waals surface area contributed by atoms with Gasteiger partial charge in [-0.15, -0.1) is 11.3 Å². The molecule has 0 radical (unpaired) electrons. The number of amides is 1. The molecule has 0 spiro atoms. The molecule has 0 saturated heterocycles. The first kappa shape index (κ1) is 26.7. The van der Waals surface area contributed by atoms with Crippen LogP contribution in [0.5, 0.6) is 11.5 Å². The maximum atomic E-state index is 12.7. The number of hydrogen-bond acceptors (Lipinski definition) is 8. The average Bonchev–Trinajstić information content (AvgIpc) is 3.25. The standard InChI is InChI=1S/C27H39N3O5S/c1-15(25(32)28-11-12-33-4)18-9-10-27(3)14-21-23(16(2)22(27)24(18)31)30-26(36-21)29-19-13-17(34-5)7-8-20(19)35-6/h7-8,13,15-16,18,22,24,31H,9-12,14H2,1-6H3,(H,28,32)(H,29,30)/t15-,16+,18+,22+,24-,27+/m0/s1. The molecule has 2 aliphatic rings. The molecule has 1 amide bonds. The zero-order chi connectivity index (χ0) is 26.0. The second-order valence-corrected chi connectivity index (χ2v) is 11.5. The Hall–Kier alpha value is -2.36. The van der Waals surface area contributed by atoms with E-state index >= 15 is 0 Å². The molecular formula is C27H39N3O5S. The van der Waals surface area contributed by atoms with Crippen molar-refractivity contribution in [2.75, 3.05) is 39.8 Å². The number of hydrogen-bond donors (Lipinski definition) is 3. The summed E-state index contributed by atoms with van der Waals surface area (Å²) < 4.78 is 15.9. The summed E-state index contributed by atoms with van der Waals surface area (Å²) in [4.78, 5) is 19.0. The molecule has 2 aliphatic carbocycles. The number of ether oxygens (including phenoxy) is 3. The summed E-state index contributed by atoms with van der Waals surface area (Å²) in [5.74, 6) is 1.22. The lowest BCUT2D eigenvalue weighted by Crippen LogP contribution is -2.53. The van der Waals surface area contributed by atoms with Crippen LogP contribution in [0.3, 0.4) is 0 Å². The minimum atomic E-state index is -0.563. The van der Waals surface area contributed by atoms with Gasteiger partial charge in [0.1, 0.15) is 11.5 Å². The van der Waals surface area contributed by atoms with Gasteiger partial charge in [0, 0.05) is 36.4 Å². The Balaban J connectivity index is 1.55. The van der Waals surface area contributed by atoms with E-state index in [1.54, 1.807) is 32.7 Å². The van der Waals surface area contributed by atoms with Crippen molar-refractivity contribution in [3.8, 4) is 11.5 Å². The molecule has 1 aromatic carbocycles. The van der Waals surface area contributed by atoms with E-state index in [0.29, 0.717) is 18.9 Å². The Kier molecular flexibility index (Phi) is 8.12. The minimum absolute atomic E-state index is 0.0174. The Morgan fingerprint density at radius 2 is 2.08 bits per heavy atom. The van der Waals surface area contributed by atoms with Crippen LogP contribution in [0.4, 0.5) is 10.8 Å². The van der Waals surface area contributed by atoms with Gasteiger partial charge >= 0.3 is 0 Å². The number of thiazole rings is 1. The SMILES string of the molecule is COCCNC(=O)[C@@H](C)[C@H]1CC[C@]2(C)Cc3sc(Nc4cc(OC)ccc4OC)nc3[C@H](C)[C@@H]2[C@H]1O. The third-order valence-electron chi connectivity index (χ3n) is 8.23. The van der Waals surface area contributed by atoms with E-state index in [0.717, 1.165) is 41.5 Å². The molecule has 1 fully saturated rings. The maximum Gasteiger partial charge on any atom is 0.223 e. The molecule has 9 heteroatoms. The van der Waals surface area contributed by atoms with Crippen molar-refractivity contribution < 1.29 is 24.1 Å². The summed E-state index contributed by atoms with van der Waals surface area (Å²) in [5.41, 5.74) is 1.81. The highest BCUT2D eigenvalue weighted by molar-refractivity contribution is 7.15. The third-order valence-corrected chi connectivity index (χ3v) is 9.22. The van der Waals surface area contributed by atoms with Gasteiger partial charge in [0.2, 0.25) is 5.91 Å². The highest BCUT2D eigenvalue weighted by Crippen LogP contribution is 2.57. The molecule has 4 rings (SSSR count). The summed E-state index contributed by atoms with van der Waals surface area (Å²) in [7, 11) is 4.90. The molecular weight excluding hydrogens is 478 g/mol. The third kappa shape index (κ3) is 5.06. The van der Waals surface area contributed by atoms with E-state index < -0.39 is 6.10 Å². The van der Waals surface area contributed by atoms with Crippen molar-refractivity contribution in [3.05, 3.63) is 28.8 Å². The molecule has 6 atom stereocenters. The topological polar surface area (TPSA) is 102 Å². The lowest BCUT2D eigenvalue weighted by atomic mass is 9.53. The zero-order valence-electron chi connectivity index (χ0n) is 22.1. The molecule has 0 unspecified atom stereocenters. The van der Waals surface area contributed by atoms with E-state index in [1.807, 2.05) is 25.1 Å². The van der Waals surface area contributed by atoms with Gasteiger partial charge in [-0.3, -0.25) is 4.79 Å². The Morgan fingerprint density at radius 1 is 1.31 bits per heavy atom. The van der Waals surface area contributed by atoms with Crippen molar-refractivity contribution >= 4 is 28.1 Å². The van der Waals surface area contributed by atoms with Gasteiger partial charge < -0.3 is 30.0 Å². The summed E-state index contributed by atoms with van der Waals surface area (Å²) in [6.45, 7) is 7.36. The Bertz CT molecular complexity index is 1080. The number of anilines is 2. The van der Waals surface area contributed by atoms with E-state index in [2.05, 4.69) is 24.5 Å². The number of rotatable bonds is 9. The number of carbonyl (C=O) groups excluding carboxylic acids is 1. The monoisotopic (exact) mass is 517 g/mol. The van der Waals surface area contributed by atoms with Gasteiger partial charge in [0.25, 0.3) is 0 Å². The molecule has 8 nitrogen and oxygen atoms in total. The lowest BCUT2D eigenvalue weighted by molar-refractivity contribution is -0.135. The lowest BCUT2D eigenvalue weighted by Gasteiger charge is -2.53. The predicted octanol–water partition coefficient (Wildman–Crippen LogP) is 4.36. The number of fused-ring (bicyclic) bond motifs is 2. The molecule has 0 bridgehead atoms. The van der Waals surface area contributed by atoms with Crippen LogP contribution in [0.15, 0.2) is 18.2 Å². The fraction of sp³-hybridized carbons (Fsp3) is 0.630. The van der Waals surface area contributed by atoms with Crippen LogP contribution in [0, 0.1) is 23.2 Å². The number of aliphatic hydroxyl groups is 1. The van der Waals surface area contributed by atoms with Gasteiger partial charge in [-0.1, -0.05) is 20.8 Å². The van der Waals surface area contributed by atoms with Crippen molar-refractivity contribution in [3.63, 3.8) is 0 Å². The van der Waals surface area contributed by atoms with E-state index in [-0.39, 0.29) is 35.0 Å². The first-order valence-electron chi connectivity index (χ1n) is 12.7. The molecule has 0 aliphatic heterocycles. The molecule has 3 N–H and O–H groups in total. The van der Waals surface area contributed by atoms with Gasteiger partial charge in [0.05, 0.1) is 38.3 Å². The van der Waals surface area contributed by atoms with Gasteiger partial charge in [-0.2, -0.15) is 0 Å². The van der Waals surface area contributed by atoms with Crippen molar-refractivity contribution in [1.29, 1.82) is 0 Å². The van der Waals surface area contributed by atoms with Crippen LogP contribution in [0.1, 0.15) is 50.1 Å². The van der Waals surface area contributed by atoms with Crippen LogP contribution >= 0.6 is 11.3 Å². The molecule has 1 aromatic heterocycles. The molecule has 2 aromatic rings.